The smallest absolute Gasteiger partial charge is 0.336 e. The normalized spacial score (nSPS) is 18.6. The van der Waals surface area contributed by atoms with Crippen molar-refractivity contribution in [3.05, 3.63) is 64.0 Å². The van der Waals surface area contributed by atoms with Crippen molar-refractivity contribution in [3.63, 3.8) is 0 Å². The van der Waals surface area contributed by atoms with E-state index >= 15 is 0 Å². The Bertz CT molecular complexity index is 910. The van der Waals surface area contributed by atoms with Crippen molar-refractivity contribution in [1.29, 1.82) is 0 Å². The molecule has 1 aromatic carbocycles. The Morgan fingerprint density at radius 3 is 2.32 bits per heavy atom. The first-order valence-electron chi connectivity index (χ1n) is 11.0. The van der Waals surface area contributed by atoms with Crippen LogP contribution >= 0.6 is 0 Å². The first-order valence-corrected chi connectivity index (χ1v) is 11.0. The molecule has 0 fully saturated rings. The third-order valence-corrected chi connectivity index (χ3v) is 5.53. The molecule has 1 aliphatic heterocycles. The van der Waals surface area contributed by atoms with Crippen LogP contribution in [0.25, 0.3) is 6.08 Å². The number of carbonyl (C=O) groups excluding carboxylic acids is 2. The topological polar surface area (TPSA) is 64.6 Å². The van der Waals surface area contributed by atoms with Crippen molar-refractivity contribution in [1.82, 2.24) is 5.32 Å². The van der Waals surface area contributed by atoms with Gasteiger partial charge in [-0.25, -0.2) is 9.59 Å². The summed E-state index contributed by atoms with van der Waals surface area (Å²) < 4.78 is 11.1. The van der Waals surface area contributed by atoms with Crippen molar-refractivity contribution in [2.45, 2.75) is 79.4 Å². The molecule has 1 aliphatic rings. The van der Waals surface area contributed by atoms with Gasteiger partial charge in [-0.1, -0.05) is 44.2 Å². The number of carbonyl (C=O) groups is 2. The molecule has 0 amide bonds. The van der Waals surface area contributed by atoms with Gasteiger partial charge in [-0.05, 0) is 64.7 Å². The minimum absolute atomic E-state index is 0.131. The molecule has 31 heavy (non-hydrogen) atoms. The second-order valence-corrected chi connectivity index (χ2v) is 8.20. The summed E-state index contributed by atoms with van der Waals surface area (Å²) in [5.74, 6) is -0.923. The van der Waals surface area contributed by atoms with Gasteiger partial charge < -0.3 is 14.8 Å². The lowest BCUT2D eigenvalue weighted by Gasteiger charge is -2.27. The van der Waals surface area contributed by atoms with Crippen molar-refractivity contribution < 1.29 is 19.1 Å². The number of nitrogens with one attached hydrogen (secondary N) is 1. The predicted molar refractivity (Wildman–Crippen MR) is 124 cm³/mol. The molecule has 5 nitrogen and oxygen atoms in total. The monoisotopic (exact) mass is 425 g/mol. The zero-order valence-corrected chi connectivity index (χ0v) is 19.7. The molecule has 0 bridgehead atoms. The molecule has 0 radical (unpaired) electrons. The molecular formula is C26H35NO4. The number of hydrogen-bond donors (Lipinski definition) is 1. The van der Waals surface area contributed by atoms with Crippen LogP contribution in [0.1, 0.15) is 78.4 Å². The van der Waals surface area contributed by atoms with Gasteiger partial charge in [0.05, 0.1) is 17.8 Å². The number of hydrogen-bond acceptors (Lipinski definition) is 5. The van der Waals surface area contributed by atoms with Gasteiger partial charge >= 0.3 is 11.9 Å². The van der Waals surface area contributed by atoms with E-state index in [4.69, 9.17) is 9.47 Å². The average molecular weight is 426 g/mol. The third-order valence-electron chi connectivity index (χ3n) is 5.53. The molecule has 1 heterocycles. The predicted octanol–water partition coefficient (Wildman–Crippen LogP) is 5.64. The maximum atomic E-state index is 13.0. The number of ether oxygens (including phenoxy) is 2. The summed E-state index contributed by atoms with van der Waals surface area (Å²) in [5.41, 5.74) is 4.67. The van der Waals surface area contributed by atoms with E-state index in [0.717, 1.165) is 35.4 Å². The first-order chi connectivity index (χ1) is 14.7. The highest BCUT2D eigenvalue weighted by atomic mass is 16.5. The summed E-state index contributed by atoms with van der Waals surface area (Å²) in [6, 6.07) is 7.81. The third kappa shape index (κ3) is 6.33. The molecule has 0 spiro atoms. The molecule has 3 atom stereocenters. The van der Waals surface area contributed by atoms with Gasteiger partial charge in [0.2, 0.25) is 0 Å². The first kappa shape index (κ1) is 24.4. The fraction of sp³-hybridized carbons (Fsp3) is 0.462. The quantitative estimate of drug-likeness (QED) is 0.431. The van der Waals surface area contributed by atoms with Crippen LogP contribution in [0, 0.1) is 0 Å². The van der Waals surface area contributed by atoms with Gasteiger partial charge in [0.1, 0.15) is 0 Å². The number of benzene rings is 1. The number of allylic oxidation sites excluding steroid dienone is 3. The minimum atomic E-state index is -0.329. The highest BCUT2D eigenvalue weighted by molar-refractivity contribution is 5.95. The summed E-state index contributed by atoms with van der Waals surface area (Å²) in [7, 11) is 0. The van der Waals surface area contributed by atoms with Crippen molar-refractivity contribution in [2.24, 2.45) is 0 Å². The van der Waals surface area contributed by atoms with E-state index in [1.54, 1.807) is 6.92 Å². The SMILES string of the molecule is CCC(C)OC(=O)C(C)=Cc1ccccc1C1C=C(C)NC(C)=C1C(=O)OC(C)CC. The second-order valence-electron chi connectivity index (χ2n) is 8.20. The maximum Gasteiger partial charge on any atom is 0.336 e. The van der Waals surface area contributed by atoms with E-state index in [1.165, 1.54) is 0 Å². The van der Waals surface area contributed by atoms with Crippen molar-refractivity contribution >= 4 is 18.0 Å². The van der Waals surface area contributed by atoms with Gasteiger partial charge in [0, 0.05) is 22.9 Å². The van der Waals surface area contributed by atoms with Crippen LogP contribution in [0.4, 0.5) is 0 Å². The van der Waals surface area contributed by atoms with Gasteiger partial charge in [-0.15, -0.1) is 0 Å². The van der Waals surface area contributed by atoms with Crippen LogP contribution in [0.2, 0.25) is 0 Å². The maximum absolute atomic E-state index is 13.0. The summed E-state index contributed by atoms with van der Waals surface area (Å²) in [4.78, 5) is 25.5. The number of rotatable bonds is 8. The molecule has 5 heteroatoms. The summed E-state index contributed by atoms with van der Waals surface area (Å²) in [6.45, 7) is 13.4. The molecule has 0 aromatic heterocycles. The van der Waals surface area contributed by atoms with Crippen LogP contribution in [0.3, 0.4) is 0 Å². The Hall–Kier alpha value is -2.82. The van der Waals surface area contributed by atoms with Crippen LogP contribution in [-0.4, -0.2) is 24.1 Å². The van der Waals surface area contributed by atoms with Gasteiger partial charge in [0.25, 0.3) is 0 Å². The summed E-state index contributed by atoms with van der Waals surface area (Å²) in [6.07, 6.45) is 5.09. The molecule has 0 aliphatic carbocycles. The molecule has 2 rings (SSSR count). The molecule has 168 valence electrons. The second kappa shape index (κ2) is 11.0. The Morgan fingerprint density at radius 2 is 1.68 bits per heavy atom. The Labute approximate surface area is 186 Å². The van der Waals surface area contributed by atoms with Gasteiger partial charge in [-0.3, -0.25) is 0 Å². The van der Waals surface area contributed by atoms with E-state index in [1.807, 2.05) is 78.0 Å². The molecular weight excluding hydrogens is 390 g/mol. The Morgan fingerprint density at radius 1 is 1.06 bits per heavy atom. The highest BCUT2D eigenvalue weighted by Gasteiger charge is 2.30. The Balaban J connectivity index is 2.46. The average Bonchev–Trinajstić information content (AvgIpc) is 2.72. The number of dihydropyridines is 1. The van der Waals surface area contributed by atoms with Crippen LogP contribution in [0.5, 0.6) is 0 Å². The van der Waals surface area contributed by atoms with E-state index in [9.17, 15) is 9.59 Å². The molecule has 0 saturated heterocycles. The van der Waals surface area contributed by atoms with Crippen LogP contribution < -0.4 is 5.32 Å². The fourth-order valence-electron chi connectivity index (χ4n) is 3.40. The standard InChI is InChI=1S/C26H35NO4/c1-8-18(5)30-25(28)16(3)14-21-12-10-11-13-22(21)23-15-17(4)27-20(7)24(23)26(29)31-19(6)9-2/h10-15,18-19,23,27H,8-9H2,1-7H3. The van der Waals surface area contributed by atoms with E-state index in [0.29, 0.717) is 11.1 Å². The number of esters is 2. The molecule has 3 unspecified atom stereocenters. The molecule has 1 aromatic rings. The van der Waals surface area contributed by atoms with Crippen LogP contribution in [0.15, 0.2) is 52.9 Å². The van der Waals surface area contributed by atoms with Crippen molar-refractivity contribution in [3.8, 4) is 0 Å². The van der Waals surface area contributed by atoms with Gasteiger partial charge in [-0.2, -0.15) is 0 Å². The Kier molecular flexibility index (Phi) is 8.66. The lowest BCUT2D eigenvalue weighted by molar-refractivity contribution is -0.144. The highest BCUT2D eigenvalue weighted by Crippen LogP contribution is 2.35. The van der Waals surface area contributed by atoms with Crippen molar-refractivity contribution in [2.75, 3.05) is 0 Å². The zero-order valence-electron chi connectivity index (χ0n) is 19.7. The lowest BCUT2D eigenvalue weighted by Crippen LogP contribution is -2.27. The van der Waals surface area contributed by atoms with Crippen LogP contribution in [-0.2, 0) is 19.1 Å². The largest absolute Gasteiger partial charge is 0.459 e. The van der Waals surface area contributed by atoms with E-state index in [2.05, 4.69) is 5.32 Å². The summed E-state index contributed by atoms with van der Waals surface area (Å²) >= 11 is 0. The van der Waals surface area contributed by atoms with E-state index < -0.39 is 0 Å². The zero-order chi connectivity index (χ0) is 23.1. The molecule has 0 saturated carbocycles. The van der Waals surface area contributed by atoms with E-state index in [-0.39, 0.29) is 30.1 Å². The minimum Gasteiger partial charge on any atom is -0.459 e. The lowest BCUT2D eigenvalue weighted by atomic mass is 9.84. The van der Waals surface area contributed by atoms with Gasteiger partial charge in [0.15, 0.2) is 0 Å². The molecule has 1 N–H and O–H groups in total. The summed E-state index contributed by atoms with van der Waals surface area (Å²) in [5, 5.41) is 3.26. The fourth-order valence-corrected chi connectivity index (χ4v) is 3.40.